The predicted molar refractivity (Wildman–Crippen MR) is 153 cm³/mol. The predicted octanol–water partition coefficient (Wildman–Crippen LogP) is 10.3. The molecule has 1 saturated carbocycles. The summed E-state index contributed by atoms with van der Waals surface area (Å²) < 4.78 is 42.7. The molecule has 210 valence electrons. The molecule has 1 atom stereocenters. The molecule has 1 heterocycles. The van der Waals surface area contributed by atoms with Crippen LogP contribution in [0.25, 0.3) is 22.2 Å². The van der Waals surface area contributed by atoms with Crippen LogP contribution < -0.4 is 4.74 Å². The van der Waals surface area contributed by atoms with Crippen LogP contribution in [0, 0.1) is 12.8 Å². The molecule has 1 aliphatic rings. The second-order valence-corrected chi connectivity index (χ2v) is 10.1. The van der Waals surface area contributed by atoms with Crippen molar-refractivity contribution in [3.8, 4) is 16.9 Å². The lowest BCUT2D eigenvalue weighted by Crippen LogP contribution is -2.17. The molecule has 10 heteroatoms. The first-order valence-electron chi connectivity index (χ1n) is 12.6. The van der Waals surface area contributed by atoms with Crippen LogP contribution in [0.2, 0.25) is 15.1 Å². The number of benzene rings is 3. The van der Waals surface area contributed by atoms with Crippen LogP contribution in [0.3, 0.4) is 0 Å². The Bertz CT molecular complexity index is 1420. The van der Waals surface area contributed by atoms with E-state index in [1.54, 1.807) is 18.2 Å². The quantitative estimate of drug-likeness (QED) is 0.239. The van der Waals surface area contributed by atoms with Crippen LogP contribution in [0.15, 0.2) is 48.5 Å². The normalized spacial score (nSPS) is 13.7. The number of H-pyrrole nitrogens is 1. The highest BCUT2D eigenvalue weighted by molar-refractivity contribution is 6.42. The van der Waals surface area contributed by atoms with Crippen LogP contribution in [0.5, 0.6) is 5.75 Å². The lowest BCUT2D eigenvalue weighted by Gasteiger charge is -2.15. The first-order chi connectivity index (χ1) is 18.5. The number of ether oxygens (including phenoxy) is 1. The van der Waals surface area contributed by atoms with Gasteiger partial charge in [-0.1, -0.05) is 105 Å². The van der Waals surface area contributed by atoms with Gasteiger partial charge in [-0.2, -0.15) is 0 Å². The fraction of sp³-hybridized carbons (Fsp3) is 0.345. The van der Waals surface area contributed by atoms with Crippen LogP contribution in [0.4, 0.5) is 13.2 Å². The minimum Gasteiger partial charge on any atom is -0.405 e. The number of aromatic amines is 1. The van der Waals surface area contributed by atoms with Gasteiger partial charge in [0.05, 0.1) is 15.6 Å². The smallest absolute Gasteiger partial charge is 0.405 e. The molecule has 0 spiro atoms. The van der Waals surface area contributed by atoms with E-state index < -0.39 is 18.2 Å². The van der Waals surface area contributed by atoms with E-state index in [1.807, 2.05) is 20.8 Å². The Morgan fingerprint density at radius 2 is 1.72 bits per heavy atom. The van der Waals surface area contributed by atoms with E-state index in [9.17, 15) is 18.3 Å². The van der Waals surface area contributed by atoms with Gasteiger partial charge in [0.15, 0.2) is 0 Å². The van der Waals surface area contributed by atoms with Crippen molar-refractivity contribution in [1.29, 1.82) is 0 Å². The number of rotatable bonds is 5. The van der Waals surface area contributed by atoms with Crippen molar-refractivity contribution in [2.75, 3.05) is 0 Å². The number of alkyl halides is 3. The molecule has 2 N–H and O–H groups in total. The van der Waals surface area contributed by atoms with Crippen molar-refractivity contribution in [2.45, 2.75) is 59.4 Å². The van der Waals surface area contributed by atoms with Crippen molar-refractivity contribution >= 4 is 45.8 Å². The van der Waals surface area contributed by atoms with E-state index >= 15 is 0 Å². The number of hydrogen-bond donors (Lipinski definition) is 2. The summed E-state index contributed by atoms with van der Waals surface area (Å²) in [5.74, 6) is 0.834. The van der Waals surface area contributed by atoms with Crippen molar-refractivity contribution in [3.63, 3.8) is 0 Å². The molecule has 4 aromatic rings. The van der Waals surface area contributed by atoms with Crippen LogP contribution in [-0.2, 0) is 0 Å². The second-order valence-electron chi connectivity index (χ2n) is 8.89. The second kappa shape index (κ2) is 13.3. The number of nitrogens with zero attached hydrogens (tertiary/aromatic N) is 1. The maximum Gasteiger partial charge on any atom is 0.573 e. The third-order valence-electron chi connectivity index (χ3n) is 6.05. The third-order valence-corrected chi connectivity index (χ3v) is 7.05. The van der Waals surface area contributed by atoms with Gasteiger partial charge in [0, 0.05) is 21.7 Å². The number of nitrogens with one attached hydrogen (secondary N) is 1. The summed E-state index contributed by atoms with van der Waals surface area (Å²) in [4.78, 5) is 7.31. The van der Waals surface area contributed by atoms with E-state index in [0.29, 0.717) is 16.1 Å². The fourth-order valence-electron chi connectivity index (χ4n) is 3.89. The number of aliphatic hydroxyl groups is 1. The molecule has 1 aliphatic carbocycles. The average Bonchev–Trinajstić information content (AvgIpc) is 3.63. The molecule has 0 aliphatic heterocycles. The monoisotopic (exact) mass is 600 g/mol. The largest absolute Gasteiger partial charge is 0.573 e. The number of imidazole rings is 1. The number of hydrogen-bond acceptors (Lipinski definition) is 3. The number of aliphatic hydroxyl groups excluding tert-OH is 1. The molecule has 39 heavy (non-hydrogen) atoms. The SMILES string of the molecule is CC.CCC1CC1.Cc1ccc(C(O)c2nc3c(Cl)c(-c4ccccc4OC(F)(F)F)c(Cl)cc3[nH]2)c(Cl)c1. The summed E-state index contributed by atoms with van der Waals surface area (Å²) in [5.41, 5.74) is 2.16. The minimum absolute atomic E-state index is 0.00966. The third kappa shape index (κ3) is 7.82. The van der Waals surface area contributed by atoms with Crippen LogP contribution in [-0.4, -0.2) is 21.4 Å². The summed E-state index contributed by atoms with van der Waals surface area (Å²) in [5, 5.41) is 11.2. The molecule has 1 unspecified atom stereocenters. The molecule has 0 bridgehead atoms. The van der Waals surface area contributed by atoms with E-state index in [2.05, 4.69) is 21.6 Å². The Balaban J connectivity index is 0.000000530. The molecular formula is C29H30Cl3F3N2O2. The highest BCUT2D eigenvalue weighted by Crippen LogP contribution is 2.44. The first-order valence-corrected chi connectivity index (χ1v) is 13.8. The lowest BCUT2D eigenvalue weighted by molar-refractivity contribution is -0.274. The molecule has 3 aromatic carbocycles. The Labute approximate surface area is 241 Å². The van der Waals surface area contributed by atoms with Gasteiger partial charge in [0.25, 0.3) is 0 Å². The van der Waals surface area contributed by atoms with E-state index in [4.69, 9.17) is 34.8 Å². The lowest BCUT2D eigenvalue weighted by atomic mass is 10.0. The first kappa shape index (κ1) is 31.1. The summed E-state index contributed by atoms with van der Waals surface area (Å²) in [6.45, 7) is 8.13. The van der Waals surface area contributed by atoms with Crippen molar-refractivity contribution in [2.24, 2.45) is 5.92 Å². The van der Waals surface area contributed by atoms with Crippen molar-refractivity contribution in [3.05, 3.63) is 80.6 Å². The van der Waals surface area contributed by atoms with Gasteiger partial charge in [-0.25, -0.2) is 4.98 Å². The molecule has 0 amide bonds. The van der Waals surface area contributed by atoms with E-state index in [0.717, 1.165) is 11.5 Å². The van der Waals surface area contributed by atoms with Gasteiger partial charge in [-0.3, -0.25) is 0 Å². The van der Waals surface area contributed by atoms with Gasteiger partial charge in [-0.15, -0.1) is 13.2 Å². The minimum atomic E-state index is -4.89. The average molecular weight is 602 g/mol. The van der Waals surface area contributed by atoms with Gasteiger partial charge < -0.3 is 14.8 Å². The molecule has 0 saturated heterocycles. The Kier molecular flexibility index (Phi) is 10.6. The van der Waals surface area contributed by atoms with Gasteiger partial charge >= 0.3 is 6.36 Å². The van der Waals surface area contributed by atoms with Crippen LogP contribution in [0.1, 0.15) is 63.1 Å². The Hall–Kier alpha value is -2.45. The number of aryl methyl sites for hydroxylation is 1. The summed E-state index contributed by atoms with van der Waals surface area (Å²) in [6, 6.07) is 12.2. The Morgan fingerprint density at radius 1 is 1.05 bits per heavy atom. The van der Waals surface area contributed by atoms with Gasteiger partial charge in [0.1, 0.15) is 23.2 Å². The molecule has 0 radical (unpaired) electrons. The summed E-state index contributed by atoms with van der Waals surface area (Å²) in [7, 11) is 0. The molecule has 1 fully saturated rings. The maximum atomic E-state index is 12.9. The summed E-state index contributed by atoms with van der Waals surface area (Å²) in [6.07, 6.45) is -1.64. The zero-order valence-electron chi connectivity index (χ0n) is 22.0. The highest BCUT2D eigenvalue weighted by atomic mass is 35.5. The molecular weight excluding hydrogens is 572 g/mol. The zero-order chi connectivity index (χ0) is 28.9. The van der Waals surface area contributed by atoms with E-state index in [1.165, 1.54) is 49.6 Å². The highest BCUT2D eigenvalue weighted by Gasteiger charge is 2.33. The van der Waals surface area contributed by atoms with E-state index in [-0.39, 0.29) is 32.5 Å². The Morgan fingerprint density at radius 3 is 2.28 bits per heavy atom. The van der Waals surface area contributed by atoms with Crippen molar-refractivity contribution < 1.29 is 23.0 Å². The molecule has 5 rings (SSSR count). The number of para-hydroxylation sites is 1. The standard InChI is InChI=1S/C22H14Cl3F3N2O2.C5H10.C2H6/c1-10-6-7-11(13(23)8-10)20(31)21-29-15-9-14(24)17(18(25)19(15)30-21)12-4-2-3-5-16(12)32-22(26,27)28;1-2-5-3-4-5;1-2/h2-9,20,31H,1H3,(H,29,30);5H,2-4H2,1H3;1-2H3. The van der Waals surface area contributed by atoms with Crippen molar-refractivity contribution in [1.82, 2.24) is 9.97 Å². The zero-order valence-corrected chi connectivity index (χ0v) is 24.2. The van der Waals surface area contributed by atoms with Gasteiger partial charge in [0.2, 0.25) is 0 Å². The van der Waals surface area contributed by atoms with Gasteiger partial charge in [-0.05, 0) is 36.6 Å². The topological polar surface area (TPSA) is 58.1 Å². The fourth-order valence-corrected chi connectivity index (χ4v) is 4.93. The number of aromatic nitrogens is 2. The molecule has 4 nitrogen and oxygen atoms in total. The molecule has 1 aromatic heterocycles. The number of fused-ring (bicyclic) bond motifs is 1. The number of halogens is 6. The maximum absolute atomic E-state index is 12.9. The van der Waals surface area contributed by atoms with Crippen LogP contribution >= 0.6 is 34.8 Å². The summed E-state index contributed by atoms with van der Waals surface area (Å²) >= 11 is 19.2.